The Hall–Kier alpha value is -0.990. The van der Waals surface area contributed by atoms with Gasteiger partial charge in [-0.05, 0) is 25.2 Å². The predicted molar refractivity (Wildman–Crippen MR) is 58.6 cm³/mol. The van der Waals surface area contributed by atoms with Gasteiger partial charge in [-0.3, -0.25) is 0 Å². The van der Waals surface area contributed by atoms with Crippen molar-refractivity contribution in [2.75, 3.05) is 18.0 Å². The highest BCUT2D eigenvalue weighted by Crippen LogP contribution is 2.30. The van der Waals surface area contributed by atoms with Gasteiger partial charge in [-0.1, -0.05) is 13.8 Å². The summed E-state index contributed by atoms with van der Waals surface area (Å²) in [4.78, 5) is 9.99. The molecule has 0 radical (unpaired) electrons. The first-order valence-electron chi connectivity index (χ1n) is 5.33. The first kappa shape index (κ1) is 9.56. The molecule has 0 saturated carbocycles. The second-order valence-corrected chi connectivity index (χ2v) is 5.04. The van der Waals surface area contributed by atoms with Crippen molar-refractivity contribution in [3.8, 4) is 0 Å². The Morgan fingerprint density at radius 2 is 2.00 bits per heavy atom. The molecule has 1 aromatic rings. The van der Waals surface area contributed by atoms with E-state index in [1.54, 1.807) is 0 Å². The van der Waals surface area contributed by atoms with Crippen molar-refractivity contribution in [2.24, 2.45) is 5.41 Å². The Morgan fingerprint density at radius 3 is 2.50 bits per heavy atom. The third kappa shape index (κ3) is 1.91. The van der Waals surface area contributed by atoms with E-state index < -0.39 is 0 Å². The fourth-order valence-corrected chi connectivity index (χ4v) is 1.88. The number of aryl methyl sites for hydroxylation is 1. The third-order valence-electron chi connectivity index (χ3n) is 3.11. The molecular formula is C11H19N3. The van der Waals surface area contributed by atoms with Crippen LogP contribution < -0.4 is 4.90 Å². The number of rotatable bonds is 1. The topological polar surface area (TPSA) is 31.9 Å². The first-order chi connectivity index (χ1) is 6.57. The number of hydrogen-bond acceptors (Lipinski definition) is 2. The van der Waals surface area contributed by atoms with Crippen molar-refractivity contribution in [2.45, 2.75) is 33.6 Å². The predicted octanol–water partition coefficient (Wildman–Crippen LogP) is 2.34. The molecule has 78 valence electrons. The van der Waals surface area contributed by atoms with Crippen molar-refractivity contribution in [3.63, 3.8) is 0 Å². The zero-order valence-corrected chi connectivity index (χ0v) is 9.30. The van der Waals surface area contributed by atoms with Gasteiger partial charge in [-0.2, -0.15) is 0 Å². The van der Waals surface area contributed by atoms with Crippen LogP contribution in [0.4, 0.5) is 5.95 Å². The van der Waals surface area contributed by atoms with Crippen LogP contribution in [0.5, 0.6) is 0 Å². The highest BCUT2D eigenvalue weighted by molar-refractivity contribution is 5.31. The van der Waals surface area contributed by atoms with E-state index >= 15 is 0 Å². The highest BCUT2D eigenvalue weighted by Gasteiger charge is 2.26. The molecule has 0 spiro atoms. The van der Waals surface area contributed by atoms with Crippen LogP contribution in [-0.2, 0) is 0 Å². The molecule has 1 aliphatic heterocycles. The Bertz CT molecular complexity index is 304. The fraction of sp³-hybridized carbons (Fsp3) is 0.727. The molecule has 0 aliphatic carbocycles. The molecule has 1 saturated heterocycles. The van der Waals surface area contributed by atoms with E-state index in [2.05, 4.69) is 28.7 Å². The summed E-state index contributed by atoms with van der Waals surface area (Å²) in [5.41, 5.74) is 1.66. The molecule has 3 nitrogen and oxygen atoms in total. The quantitative estimate of drug-likeness (QED) is 0.742. The molecule has 0 aromatic carbocycles. The molecule has 0 atom stereocenters. The molecule has 3 heteroatoms. The maximum atomic E-state index is 4.36. The lowest BCUT2D eigenvalue weighted by molar-refractivity contribution is 0.278. The van der Waals surface area contributed by atoms with Gasteiger partial charge in [0.2, 0.25) is 5.95 Å². The average molecular weight is 193 g/mol. The van der Waals surface area contributed by atoms with Crippen molar-refractivity contribution in [1.29, 1.82) is 0 Å². The normalized spacial score (nSPS) is 21.2. The molecule has 0 bridgehead atoms. The number of nitrogens with zero attached hydrogens (tertiary/aromatic N) is 2. The van der Waals surface area contributed by atoms with Crippen molar-refractivity contribution in [3.05, 3.63) is 11.9 Å². The molecule has 0 unspecified atom stereocenters. The minimum atomic E-state index is 0.512. The number of aromatic nitrogens is 2. The molecule has 1 aliphatic rings. The summed E-state index contributed by atoms with van der Waals surface area (Å²) >= 11 is 0. The van der Waals surface area contributed by atoms with Crippen LogP contribution in [0, 0.1) is 12.3 Å². The van der Waals surface area contributed by atoms with Crippen LogP contribution in [0.2, 0.25) is 0 Å². The maximum absolute atomic E-state index is 4.36. The number of piperidine rings is 1. The van der Waals surface area contributed by atoms with Crippen molar-refractivity contribution >= 4 is 5.95 Å². The fourth-order valence-electron chi connectivity index (χ4n) is 1.88. The van der Waals surface area contributed by atoms with E-state index in [-0.39, 0.29) is 0 Å². The summed E-state index contributed by atoms with van der Waals surface area (Å²) in [6.45, 7) is 8.99. The summed E-state index contributed by atoms with van der Waals surface area (Å²) < 4.78 is 0. The van der Waals surface area contributed by atoms with E-state index in [0.29, 0.717) is 5.41 Å². The SMILES string of the molecule is Cc1cnc(N2CCC(C)(C)CC2)[nH]1. The van der Waals surface area contributed by atoms with Crippen LogP contribution in [0.3, 0.4) is 0 Å². The van der Waals surface area contributed by atoms with Crippen LogP contribution in [0.15, 0.2) is 6.20 Å². The molecule has 1 fully saturated rings. The lowest BCUT2D eigenvalue weighted by atomic mass is 9.83. The Morgan fingerprint density at radius 1 is 1.36 bits per heavy atom. The van der Waals surface area contributed by atoms with Gasteiger partial charge in [0.25, 0.3) is 0 Å². The Kier molecular flexibility index (Phi) is 2.25. The zero-order chi connectivity index (χ0) is 10.2. The van der Waals surface area contributed by atoms with E-state index in [0.717, 1.165) is 24.7 Å². The smallest absolute Gasteiger partial charge is 0.202 e. The van der Waals surface area contributed by atoms with Crippen LogP contribution >= 0.6 is 0 Å². The lowest BCUT2D eigenvalue weighted by Crippen LogP contribution is -2.37. The Balaban J connectivity index is 2.02. The van der Waals surface area contributed by atoms with E-state index in [4.69, 9.17) is 0 Å². The monoisotopic (exact) mass is 193 g/mol. The number of anilines is 1. The molecule has 2 heterocycles. The molecule has 1 N–H and O–H groups in total. The second-order valence-electron chi connectivity index (χ2n) is 5.04. The van der Waals surface area contributed by atoms with E-state index in [9.17, 15) is 0 Å². The standard InChI is InChI=1S/C11H19N3/c1-9-8-12-10(13-9)14-6-4-11(2,3)5-7-14/h8H,4-7H2,1-3H3,(H,12,13). The van der Waals surface area contributed by atoms with Gasteiger partial charge in [-0.25, -0.2) is 4.98 Å². The van der Waals surface area contributed by atoms with E-state index in [1.165, 1.54) is 12.8 Å². The Labute approximate surface area is 85.5 Å². The number of H-pyrrole nitrogens is 1. The number of hydrogen-bond donors (Lipinski definition) is 1. The molecule has 2 rings (SSSR count). The van der Waals surface area contributed by atoms with Gasteiger partial charge < -0.3 is 9.88 Å². The van der Waals surface area contributed by atoms with Crippen LogP contribution in [0.1, 0.15) is 32.4 Å². The van der Waals surface area contributed by atoms with Gasteiger partial charge in [0.05, 0.1) is 0 Å². The zero-order valence-electron chi connectivity index (χ0n) is 9.30. The van der Waals surface area contributed by atoms with Gasteiger partial charge in [0, 0.05) is 25.0 Å². The van der Waals surface area contributed by atoms with Crippen LogP contribution in [-0.4, -0.2) is 23.1 Å². The summed E-state index contributed by atoms with van der Waals surface area (Å²) in [5, 5.41) is 0. The molecule has 1 aromatic heterocycles. The second kappa shape index (κ2) is 3.30. The lowest BCUT2D eigenvalue weighted by Gasteiger charge is -2.36. The minimum Gasteiger partial charge on any atom is -0.342 e. The highest BCUT2D eigenvalue weighted by atomic mass is 15.3. The third-order valence-corrected chi connectivity index (χ3v) is 3.11. The van der Waals surface area contributed by atoms with Crippen LogP contribution in [0.25, 0.3) is 0 Å². The first-order valence-corrected chi connectivity index (χ1v) is 5.33. The molecule has 14 heavy (non-hydrogen) atoms. The average Bonchev–Trinajstić information content (AvgIpc) is 2.52. The summed E-state index contributed by atoms with van der Waals surface area (Å²) in [5.74, 6) is 1.04. The number of nitrogens with one attached hydrogen (secondary N) is 1. The maximum Gasteiger partial charge on any atom is 0.202 e. The van der Waals surface area contributed by atoms with E-state index in [1.807, 2.05) is 13.1 Å². The van der Waals surface area contributed by atoms with Gasteiger partial charge in [0.15, 0.2) is 0 Å². The summed E-state index contributed by atoms with van der Waals surface area (Å²) in [6, 6.07) is 0. The van der Waals surface area contributed by atoms with Crippen molar-refractivity contribution < 1.29 is 0 Å². The summed E-state index contributed by atoms with van der Waals surface area (Å²) in [6.07, 6.45) is 4.41. The van der Waals surface area contributed by atoms with Crippen molar-refractivity contribution in [1.82, 2.24) is 9.97 Å². The van der Waals surface area contributed by atoms with Gasteiger partial charge >= 0.3 is 0 Å². The number of aromatic amines is 1. The molecular weight excluding hydrogens is 174 g/mol. The number of imidazole rings is 1. The largest absolute Gasteiger partial charge is 0.342 e. The minimum absolute atomic E-state index is 0.512. The van der Waals surface area contributed by atoms with Gasteiger partial charge in [0.1, 0.15) is 0 Å². The summed E-state index contributed by atoms with van der Waals surface area (Å²) in [7, 11) is 0. The molecule has 0 amide bonds. The van der Waals surface area contributed by atoms with Gasteiger partial charge in [-0.15, -0.1) is 0 Å².